The van der Waals surface area contributed by atoms with Gasteiger partial charge < -0.3 is 9.67 Å². The summed E-state index contributed by atoms with van der Waals surface area (Å²) in [5.74, 6) is -7.16. The fourth-order valence-electron chi connectivity index (χ4n) is 1.15. The third-order valence-electron chi connectivity index (χ3n) is 1.93. The van der Waals surface area contributed by atoms with Crippen LogP contribution < -0.4 is 0 Å². The van der Waals surface area contributed by atoms with E-state index in [1.807, 2.05) is 0 Å². The fraction of sp³-hybridized carbons (Fsp3) is 0.625. The number of hydrogen-bond donors (Lipinski definition) is 1. The minimum absolute atomic E-state index is 0.0629. The van der Waals surface area contributed by atoms with Gasteiger partial charge in [0.05, 0.1) is 5.75 Å². The Kier molecular flexibility index (Phi) is 4.54. The second-order valence-electron chi connectivity index (χ2n) is 3.16. The van der Waals surface area contributed by atoms with Crippen LogP contribution in [-0.4, -0.2) is 38.0 Å². The highest BCUT2D eigenvalue weighted by atomic mass is 32.2. The van der Waals surface area contributed by atoms with E-state index in [4.69, 9.17) is 5.11 Å². The molecule has 1 rings (SSSR count). The number of carboxylic acid groups (broad SMARTS) is 1. The molecule has 0 saturated carbocycles. The number of carboxylic acids is 1. The summed E-state index contributed by atoms with van der Waals surface area (Å²) in [6, 6.07) is 0. The maximum atomic E-state index is 13.1. The maximum Gasteiger partial charge on any atom is 0.365 e. The molecule has 1 aromatic heterocycles. The summed E-state index contributed by atoms with van der Waals surface area (Å²) in [6.45, 7) is 1.38. The van der Waals surface area contributed by atoms with E-state index in [-0.39, 0.29) is 11.7 Å². The van der Waals surface area contributed by atoms with Crippen LogP contribution in [0.5, 0.6) is 0 Å². The van der Waals surface area contributed by atoms with Crippen LogP contribution in [0, 0.1) is 0 Å². The van der Waals surface area contributed by atoms with Crippen LogP contribution >= 0.6 is 11.8 Å². The Hall–Kier alpha value is -1.32. The smallest absolute Gasteiger partial charge is 0.365 e. The summed E-state index contributed by atoms with van der Waals surface area (Å²) in [7, 11) is 0. The molecule has 0 aliphatic carbocycles. The third kappa shape index (κ3) is 2.92. The van der Waals surface area contributed by atoms with E-state index in [2.05, 4.69) is 10.2 Å². The van der Waals surface area contributed by atoms with Crippen LogP contribution in [0.15, 0.2) is 5.16 Å². The summed E-state index contributed by atoms with van der Waals surface area (Å²) in [6.07, 6.45) is -3.90. The van der Waals surface area contributed by atoms with Gasteiger partial charge in [-0.15, -0.1) is 10.2 Å². The summed E-state index contributed by atoms with van der Waals surface area (Å²) >= 11 is 0.640. The van der Waals surface area contributed by atoms with Gasteiger partial charge in [-0.05, 0) is 6.92 Å². The molecule has 102 valence electrons. The van der Waals surface area contributed by atoms with Crippen LogP contribution in [0.25, 0.3) is 0 Å². The molecule has 5 nitrogen and oxygen atoms in total. The van der Waals surface area contributed by atoms with Crippen molar-refractivity contribution >= 4 is 17.7 Å². The lowest BCUT2D eigenvalue weighted by atomic mass is 10.3. The lowest BCUT2D eigenvalue weighted by molar-refractivity contribution is -0.143. The number of nitrogens with zero attached hydrogens (tertiary/aromatic N) is 3. The quantitative estimate of drug-likeness (QED) is 0.638. The SMILES string of the molecule is CCn1c(SCC(=O)O)nnc1C(F)(F)C(F)F. The summed E-state index contributed by atoms with van der Waals surface area (Å²) in [5.41, 5.74) is 0. The van der Waals surface area contributed by atoms with E-state index in [0.29, 0.717) is 11.8 Å². The lowest BCUT2D eigenvalue weighted by Crippen LogP contribution is -2.28. The third-order valence-corrected chi connectivity index (χ3v) is 2.88. The van der Waals surface area contributed by atoms with Crippen molar-refractivity contribution in [2.24, 2.45) is 0 Å². The number of halogens is 4. The first-order valence-electron chi connectivity index (χ1n) is 4.74. The summed E-state index contributed by atoms with van der Waals surface area (Å²) in [5, 5.41) is 14.7. The molecule has 0 amide bonds. The molecule has 0 unspecified atom stereocenters. The molecule has 1 aromatic rings. The molecule has 1 heterocycles. The van der Waals surface area contributed by atoms with Gasteiger partial charge in [0, 0.05) is 6.54 Å². The van der Waals surface area contributed by atoms with Gasteiger partial charge in [0.2, 0.25) is 5.82 Å². The molecule has 0 aliphatic rings. The molecule has 0 radical (unpaired) electrons. The Labute approximate surface area is 103 Å². The second-order valence-corrected chi connectivity index (χ2v) is 4.10. The predicted octanol–water partition coefficient (Wildman–Crippen LogP) is 1.83. The van der Waals surface area contributed by atoms with Crippen LogP contribution in [0.3, 0.4) is 0 Å². The van der Waals surface area contributed by atoms with Crippen molar-refractivity contribution in [1.82, 2.24) is 14.8 Å². The van der Waals surface area contributed by atoms with E-state index in [0.717, 1.165) is 4.57 Å². The number of aromatic nitrogens is 3. The molecule has 0 aliphatic heterocycles. The summed E-state index contributed by atoms with van der Waals surface area (Å²) < 4.78 is 51.5. The Morgan fingerprint density at radius 1 is 1.50 bits per heavy atom. The van der Waals surface area contributed by atoms with Gasteiger partial charge in [-0.25, -0.2) is 8.78 Å². The van der Waals surface area contributed by atoms with Crippen molar-refractivity contribution in [3.8, 4) is 0 Å². The fourth-order valence-corrected chi connectivity index (χ4v) is 1.87. The average molecular weight is 287 g/mol. The molecule has 0 fully saturated rings. The van der Waals surface area contributed by atoms with Gasteiger partial charge in [0.25, 0.3) is 0 Å². The lowest BCUT2D eigenvalue weighted by Gasteiger charge is -2.15. The first kappa shape index (κ1) is 14.7. The molecular formula is C8H9F4N3O2S. The van der Waals surface area contributed by atoms with E-state index in [1.165, 1.54) is 6.92 Å². The molecule has 0 aromatic carbocycles. The number of thioether (sulfide) groups is 1. The highest BCUT2D eigenvalue weighted by molar-refractivity contribution is 7.99. The zero-order valence-electron chi connectivity index (χ0n) is 9.11. The molecule has 10 heteroatoms. The van der Waals surface area contributed by atoms with E-state index in [9.17, 15) is 22.4 Å². The van der Waals surface area contributed by atoms with Gasteiger partial charge in [0.1, 0.15) is 0 Å². The molecule has 0 saturated heterocycles. The molecule has 0 atom stereocenters. The highest BCUT2D eigenvalue weighted by Crippen LogP contribution is 2.34. The first-order chi connectivity index (χ1) is 8.30. The Balaban J connectivity index is 3.05. The van der Waals surface area contributed by atoms with E-state index in [1.54, 1.807) is 0 Å². The molecule has 0 bridgehead atoms. The largest absolute Gasteiger partial charge is 0.481 e. The van der Waals surface area contributed by atoms with Gasteiger partial charge in [-0.3, -0.25) is 4.79 Å². The highest BCUT2D eigenvalue weighted by Gasteiger charge is 2.47. The minimum Gasteiger partial charge on any atom is -0.481 e. The zero-order chi connectivity index (χ0) is 13.9. The second kappa shape index (κ2) is 5.55. The van der Waals surface area contributed by atoms with Gasteiger partial charge in [-0.2, -0.15) is 8.78 Å². The number of alkyl halides is 4. The van der Waals surface area contributed by atoms with Crippen LogP contribution in [0.1, 0.15) is 12.7 Å². The average Bonchev–Trinajstić information content (AvgIpc) is 2.69. The molecular weight excluding hydrogens is 278 g/mol. The first-order valence-corrected chi connectivity index (χ1v) is 5.73. The van der Waals surface area contributed by atoms with Crippen LogP contribution in [0.4, 0.5) is 17.6 Å². The topological polar surface area (TPSA) is 68.0 Å². The minimum atomic E-state index is -4.41. The van der Waals surface area contributed by atoms with E-state index < -0.39 is 29.9 Å². The Morgan fingerprint density at radius 3 is 2.56 bits per heavy atom. The van der Waals surface area contributed by atoms with Crippen molar-refractivity contribution < 1.29 is 27.5 Å². The van der Waals surface area contributed by atoms with Crippen molar-refractivity contribution in [3.63, 3.8) is 0 Å². The van der Waals surface area contributed by atoms with Crippen LogP contribution in [0.2, 0.25) is 0 Å². The van der Waals surface area contributed by atoms with Gasteiger partial charge in [0.15, 0.2) is 5.16 Å². The van der Waals surface area contributed by atoms with Crippen LogP contribution in [-0.2, 0) is 17.3 Å². The van der Waals surface area contributed by atoms with Crippen molar-refractivity contribution in [2.75, 3.05) is 5.75 Å². The number of hydrogen-bond acceptors (Lipinski definition) is 4. The normalized spacial score (nSPS) is 12.1. The van der Waals surface area contributed by atoms with Gasteiger partial charge in [-0.1, -0.05) is 11.8 Å². The molecule has 18 heavy (non-hydrogen) atoms. The molecule has 0 spiro atoms. The van der Waals surface area contributed by atoms with Crippen molar-refractivity contribution in [3.05, 3.63) is 5.82 Å². The van der Waals surface area contributed by atoms with E-state index >= 15 is 0 Å². The standard InChI is InChI=1S/C8H9F4N3O2S/c1-2-15-6(8(11,12)5(9)10)13-14-7(15)18-3-4(16)17/h5H,2-3H2,1H3,(H,16,17). The Bertz CT molecular complexity index is 438. The van der Waals surface area contributed by atoms with Crippen molar-refractivity contribution in [1.29, 1.82) is 0 Å². The zero-order valence-corrected chi connectivity index (χ0v) is 9.93. The Morgan fingerprint density at radius 2 is 2.11 bits per heavy atom. The number of rotatable bonds is 6. The number of carbonyl (C=O) groups is 1. The summed E-state index contributed by atoms with van der Waals surface area (Å²) in [4.78, 5) is 10.3. The predicted molar refractivity (Wildman–Crippen MR) is 54.0 cm³/mol. The van der Waals surface area contributed by atoms with Crippen molar-refractivity contribution in [2.45, 2.75) is 31.0 Å². The maximum absolute atomic E-state index is 13.1. The van der Waals surface area contributed by atoms with Gasteiger partial charge >= 0.3 is 18.3 Å². The molecule has 1 N–H and O–H groups in total. The monoisotopic (exact) mass is 287 g/mol. The number of aliphatic carboxylic acids is 1.